The van der Waals surface area contributed by atoms with Crippen molar-refractivity contribution in [2.24, 2.45) is 5.10 Å². The number of hydrogen-bond acceptors (Lipinski definition) is 5. The van der Waals surface area contributed by atoms with Crippen LogP contribution in [0.15, 0.2) is 42.0 Å². The Hall–Kier alpha value is -2.70. The van der Waals surface area contributed by atoms with Gasteiger partial charge in [0.1, 0.15) is 18.4 Å². The molecule has 0 unspecified atom stereocenters. The lowest BCUT2D eigenvalue weighted by molar-refractivity contribution is -0.144. The SMILES string of the molecule is C[C@H](Oc1ccc(/C=N\n2cnnc2)cc1)C(=O)O. The van der Waals surface area contributed by atoms with Crippen molar-refractivity contribution >= 4 is 12.2 Å². The van der Waals surface area contributed by atoms with E-state index in [9.17, 15) is 4.79 Å². The fourth-order valence-corrected chi connectivity index (χ4v) is 1.28. The maximum atomic E-state index is 10.6. The van der Waals surface area contributed by atoms with E-state index in [-0.39, 0.29) is 0 Å². The van der Waals surface area contributed by atoms with Gasteiger partial charge >= 0.3 is 5.97 Å². The number of ether oxygens (including phenoxy) is 1. The smallest absolute Gasteiger partial charge is 0.344 e. The third-order valence-electron chi connectivity index (χ3n) is 2.29. The topological polar surface area (TPSA) is 89.6 Å². The maximum absolute atomic E-state index is 10.6. The van der Waals surface area contributed by atoms with Crippen LogP contribution in [0.2, 0.25) is 0 Å². The number of carboxylic acids is 1. The van der Waals surface area contributed by atoms with Gasteiger partial charge in [-0.25, -0.2) is 9.47 Å². The molecule has 2 rings (SSSR count). The van der Waals surface area contributed by atoms with Gasteiger partial charge in [-0.3, -0.25) is 0 Å². The predicted molar refractivity (Wildman–Crippen MR) is 67.2 cm³/mol. The first-order valence-corrected chi connectivity index (χ1v) is 5.53. The zero-order chi connectivity index (χ0) is 13.7. The molecule has 7 heteroatoms. The van der Waals surface area contributed by atoms with E-state index in [0.29, 0.717) is 5.75 Å². The standard InChI is InChI=1S/C12H12N4O3/c1-9(12(17)18)19-11-4-2-10(3-5-11)6-15-16-7-13-14-8-16/h2-9H,1H3,(H,17,18)/b15-6-/t9-/m0/s1. The Morgan fingerprint density at radius 3 is 2.58 bits per heavy atom. The van der Waals surface area contributed by atoms with Crippen molar-refractivity contribution in [3.8, 4) is 5.75 Å². The maximum Gasteiger partial charge on any atom is 0.344 e. The molecule has 0 aliphatic heterocycles. The van der Waals surface area contributed by atoms with E-state index in [4.69, 9.17) is 9.84 Å². The summed E-state index contributed by atoms with van der Waals surface area (Å²) < 4.78 is 6.68. The van der Waals surface area contributed by atoms with Gasteiger partial charge in [0.15, 0.2) is 6.10 Å². The molecule has 1 heterocycles. The van der Waals surface area contributed by atoms with Crippen molar-refractivity contribution in [2.45, 2.75) is 13.0 Å². The lowest BCUT2D eigenvalue weighted by Gasteiger charge is -2.09. The summed E-state index contributed by atoms with van der Waals surface area (Å²) in [5.41, 5.74) is 0.851. The van der Waals surface area contributed by atoms with Gasteiger partial charge in [0, 0.05) is 0 Å². The molecule has 0 aliphatic rings. The van der Waals surface area contributed by atoms with Crippen molar-refractivity contribution in [1.82, 2.24) is 14.9 Å². The van der Waals surface area contributed by atoms with Gasteiger partial charge in [-0.15, -0.1) is 10.2 Å². The van der Waals surface area contributed by atoms with Gasteiger partial charge in [0.25, 0.3) is 0 Å². The molecular weight excluding hydrogens is 248 g/mol. The molecule has 0 saturated heterocycles. The highest BCUT2D eigenvalue weighted by atomic mass is 16.5. The Morgan fingerprint density at radius 1 is 1.37 bits per heavy atom. The Bertz CT molecular complexity index is 563. The van der Waals surface area contributed by atoms with Gasteiger partial charge < -0.3 is 9.84 Å². The van der Waals surface area contributed by atoms with Crippen LogP contribution >= 0.6 is 0 Å². The molecule has 0 saturated carbocycles. The second-order valence-electron chi connectivity index (χ2n) is 3.75. The molecule has 0 aliphatic carbocycles. The summed E-state index contributed by atoms with van der Waals surface area (Å²) in [6.07, 6.45) is 3.70. The van der Waals surface area contributed by atoms with Crippen LogP contribution in [0.4, 0.5) is 0 Å². The molecule has 19 heavy (non-hydrogen) atoms. The van der Waals surface area contributed by atoms with Crippen molar-refractivity contribution in [3.63, 3.8) is 0 Å². The first kappa shape index (κ1) is 12.7. The van der Waals surface area contributed by atoms with Crippen LogP contribution in [0.25, 0.3) is 0 Å². The molecule has 98 valence electrons. The Morgan fingerprint density at radius 2 is 2.00 bits per heavy atom. The van der Waals surface area contributed by atoms with Crippen LogP contribution in [-0.4, -0.2) is 38.3 Å². The zero-order valence-electron chi connectivity index (χ0n) is 10.2. The van der Waals surface area contributed by atoms with E-state index in [1.165, 1.54) is 24.3 Å². The Labute approximate surface area is 109 Å². The number of hydrogen-bond donors (Lipinski definition) is 1. The summed E-state index contributed by atoms with van der Waals surface area (Å²) in [4.78, 5) is 10.6. The van der Waals surface area contributed by atoms with Crippen LogP contribution < -0.4 is 4.74 Å². The quantitative estimate of drug-likeness (QED) is 0.810. The number of carbonyl (C=O) groups is 1. The lowest BCUT2D eigenvalue weighted by atomic mass is 10.2. The largest absolute Gasteiger partial charge is 0.479 e. The average Bonchev–Trinajstić information content (AvgIpc) is 2.91. The molecule has 1 aromatic heterocycles. The lowest BCUT2D eigenvalue weighted by Crippen LogP contribution is -2.22. The molecule has 1 atom stereocenters. The summed E-state index contributed by atoms with van der Waals surface area (Å²) >= 11 is 0. The summed E-state index contributed by atoms with van der Waals surface area (Å²) in [5.74, 6) is -0.505. The van der Waals surface area contributed by atoms with E-state index >= 15 is 0 Å². The zero-order valence-corrected chi connectivity index (χ0v) is 10.2. The second kappa shape index (κ2) is 5.76. The minimum Gasteiger partial charge on any atom is -0.479 e. The molecule has 1 aromatic carbocycles. The minimum atomic E-state index is -1.00. The van der Waals surface area contributed by atoms with E-state index in [1.54, 1.807) is 30.5 Å². The van der Waals surface area contributed by atoms with Gasteiger partial charge in [0.2, 0.25) is 0 Å². The first-order valence-electron chi connectivity index (χ1n) is 5.53. The van der Waals surface area contributed by atoms with Crippen molar-refractivity contribution < 1.29 is 14.6 Å². The molecule has 0 radical (unpaired) electrons. The van der Waals surface area contributed by atoms with E-state index < -0.39 is 12.1 Å². The fraction of sp³-hybridized carbons (Fsp3) is 0.167. The van der Waals surface area contributed by atoms with Crippen LogP contribution in [-0.2, 0) is 4.79 Å². The molecule has 0 bridgehead atoms. The number of rotatable bonds is 5. The summed E-state index contributed by atoms with van der Waals surface area (Å²) in [6, 6.07) is 6.93. The number of benzene rings is 1. The summed E-state index contributed by atoms with van der Waals surface area (Å²) in [5, 5.41) is 20.1. The highest BCUT2D eigenvalue weighted by molar-refractivity contribution is 5.79. The Balaban J connectivity index is 2.00. The highest BCUT2D eigenvalue weighted by Gasteiger charge is 2.11. The molecule has 1 N–H and O–H groups in total. The normalized spacial score (nSPS) is 12.5. The third kappa shape index (κ3) is 3.63. The second-order valence-corrected chi connectivity index (χ2v) is 3.75. The van der Waals surface area contributed by atoms with Gasteiger partial charge in [-0.05, 0) is 36.8 Å². The van der Waals surface area contributed by atoms with E-state index in [2.05, 4.69) is 15.3 Å². The minimum absolute atomic E-state index is 0.497. The van der Waals surface area contributed by atoms with Crippen molar-refractivity contribution in [1.29, 1.82) is 0 Å². The number of carboxylic acid groups (broad SMARTS) is 1. The summed E-state index contributed by atoms with van der Waals surface area (Å²) in [7, 11) is 0. The van der Waals surface area contributed by atoms with E-state index in [1.807, 2.05) is 0 Å². The van der Waals surface area contributed by atoms with Crippen LogP contribution in [0.5, 0.6) is 5.75 Å². The molecular formula is C12H12N4O3. The van der Waals surface area contributed by atoms with Gasteiger partial charge in [0.05, 0.1) is 6.21 Å². The third-order valence-corrected chi connectivity index (χ3v) is 2.29. The first-order chi connectivity index (χ1) is 9.15. The number of aromatic nitrogens is 3. The van der Waals surface area contributed by atoms with Crippen LogP contribution in [0, 0.1) is 0 Å². The van der Waals surface area contributed by atoms with Gasteiger partial charge in [-0.2, -0.15) is 5.10 Å². The summed E-state index contributed by atoms with van der Waals surface area (Å²) in [6.45, 7) is 1.48. The average molecular weight is 260 g/mol. The molecule has 0 amide bonds. The molecule has 2 aromatic rings. The van der Waals surface area contributed by atoms with E-state index in [0.717, 1.165) is 5.56 Å². The molecule has 0 spiro atoms. The molecule has 0 fully saturated rings. The van der Waals surface area contributed by atoms with Crippen LogP contribution in [0.1, 0.15) is 12.5 Å². The van der Waals surface area contributed by atoms with Crippen LogP contribution in [0.3, 0.4) is 0 Å². The highest BCUT2D eigenvalue weighted by Crippen LogP contribution is 2.13. The Kier molecular flexibility index (Phi) is 3.87. The number of nitrogens with zero attached hydrogens (tertiary/aromatic N) is 4. The molecule has 7 nitrogen and oxygen atoms in total. The predicted octanol–water partition coefficient (Wildman–Crippen LogP) is 1.01. The number of aliphatic carboxylic acids is 1. The van der Waals surface area contributed by atoms with Crippen molar-refractivity contribution in [2.75, 3.05) is 0 Å². The van der Waals surface area contributed by atoms with Gasteiger partial charge in [-0.1, -0.05) is 0 Å². The van der Waals surface area contributed by atoms with Crippen molar-refractivity contribution in [3.05, 3.63) is 42.5 Å². The monoisotopic (exact) mass is 260 g/mol. The fourth-order valence-electron chi connectivity index (χ4n) is 1.28.